The molecule has 0 N–H and O–H groups in total. The highest BCUT2D eigenvalue weighted by molar-refractivity contribution is 6.36. The van der Waals surface area contributed by atoms with Crippen LogP contribution < -0.4 is 17.0 Å². The molecule has 194 valence electrons. The smallest absolute Gasteiger partial charge is 0.244 e. The highest BCUT2D eigenvalue weighted by atomic mass is 35.5. The molecule has 0 aliphatic heterocycles. The van der Waals surface area contributed by atoms with Gasteiger partial charge in [0.2, 0.25) is 6.33 Å². The van der Waals surface area contributed by atoms with Crippen LogP contribution in [0.4, 0.5) is 0 Å². The average Bonchev–Trinajstić information content (AvgIpc) is 3.26. The van der Waals surface area contributed by atoms with Crippen molar-refractivity contribution in [3.05, 3.63) is 126 Å². The molecule has 0 saturated carbocycles. The largest absolute Gasteiger partial charge is 1.00 e. The summed E-state index contributed by atoms with van der Waals surface area (Å²) in [6, 6.07) is 16.2. The molecule has 4 rings (SSSR count). The first-order chi connectivity index (χ1) is 17.3. The monoisotopic (exact) mass is 634 g/mol. The fraction of sp³-hybridized carbons (Fsp3) is 0.148. The number of allylic oxidation sites excluding steroid dienone is 1. The van der Waals surface area contributed by atoms with Gasteiger partial charge in [-0.05, 0) is 53.6 Å². The quantitative estimate of drug-likeness (QED) is 0.195. The van der Waals surface area contributed by atoms with E-state index >= 15 is 0 Å². The lowest BCUT2D eigenvalue weighted by Crippen LogP contribution is -3.00. The standard InChI is InChI=1S/C27H21Cl6N2O.ClH/c28-20-5-3-18(24(31)12-20)2-1-9-34-10-11-35(17-34)15-27(23-8-7-22(30)14-26(23)33)36-16-19-4-6-21(29)13-25(19)32;/h1-8,10-14,17,27H,9,15-16H2;1H/q+1;/p-1/b2-1+;. The van der Waals surface area contributed by atoms with Crippen molar-refractivity contribution in [1.82, 2.24) is 4.57 Å². The Morgan fingerprint density at radius 2 is 1.46 bits per heavy atom. The van der Waals surface area contributed by atoms with Crippen molar-refractivity contribution in [2.75, 3.05) is 0 Å². The lowest BCUT2D eigenvalue weighted by atomic mass is 10.1. The second kappa shape index (κ2) is 14.1. The molecule has 0 aliphatic carbocycles. The first kappa shape index (κ1) is 30.1. The number of hydrogen-bond donors (Lipinski definition) is 0. The Hall–Kier alpha value is -1.40. The second-order valence-corrected chi connectivity index (χ2v) is 10.6. The molecule has 0 radical (unpaired) electrons. The minimum Gasteiger partial charge on any atom is -1.00 e. The van der Waals surface area contributed by atoms with E-state index in [0.29, 0.717) is 49.8 Å². The van der Waals surface area contributed by atoms with Crippen LogP contribution >= 0.6 is 69.6 Å². The van der Waals surface area contributed by atoms with Crippen LogP contribution in [0.2, 0.25) is 30.1 Å². The maximum atomic E-state index is 6.53. The van der Waals surface area contributed by atoms with Gasteiger partial charge in [-0.2, -0.15) is 0 Å². The van der Waals surface area contributed by atoms with Crippen LogP contribution in [0.15, 0.2) is 79.4 Å². The Morgan fingerprint density at radius 1 is 0.811 bits per heavy atom. The van der Waals surface area contributed by atoms with E-state index in [4.69, 9.17) is 74.3 Å². The number of nitrogens with zero attached hydrogens (tertiary/aromatic N) is 2. The summed E-state index contributed by atoms with van der Waals surface area (Å²) >= 11 is 37.2. The molecule has 1 heterocycles. The van der Waals surface area contributed by atoms with Crippen LogP contribution in [0.1, 0.15) is 22.8 Å². The number of imidazole rings is 1. The molecule has 0 fully saturated rings. The Morgan fingerprint density at radius 3 is 2.14 bits per heavy atom. The molecule has 0 bridgehead atoms. The number of rotatable bonds is 9. The van der Waals surface area contributed by atoms with Gasteiger partial charge in [-0.15, -0.1) is 0 Å². The number of benzene rings is 3. The summed E-state index contributed by atoms with van der Waals surface area (Å²) < 4.78 is 10.4. The molecule has 0 saturated heterocycles. The molecule has 1 atom stereocenters. The van der Waals surface area contributed by atoms with Gasteiger partial charge in [0.05, 0.1) is 6.61 Å². The van der Waals surface area contributed by atoms with E-state index in [9.17, 15) is 0 Å². The molecular weight excluding hydrogens is 616 g/mol. The third-order valence-electron chi connectivity index (χ3n) is 5.46. The van der Waals surface area contributed by atoms with E-state index in [2.05, 4.69) is 4.57 Å². The highest BCUT2D eigenvalue weighted by Crippen LogP contribution is 2.31. The van der Waals surface area contributed by atoms with E-state index in [1.54, 1.807) is 30.3 Å². The van der Waals surface area contributed by atoms with Crippen LogP contribution in [0.3, 0.4) is 0 Å². The van der Waals surface area contributed by atoms with Gasteiger partial charge in [0, 0.05) is 35.7 Å². The Balaban J connectivity index is 0.00000380. The van der Waals surface area contributed by atoms with Gasteiger partial charge in [-0.25, -0.2) is 9.13 Å². The zero-order valence-corrected chi connectivity index (χ0v) is 24.5. The first-order valence-corrected chi connectivity index (χ1v) is 13.2. The fourth-order valence-corrected chi connectivity index (χ4v) is 5.08. The van der Waals surface area contributed by atoms with Crippen molar-refractivity contribution in [2.45, 2.75) is 25.8 Å². The Labute approximate surface area is 252 Å². The molecule has 0 spiro atoms. The summed E-state index contributed by atoms with van der Waals surface area (Å²) in [6.45, 7) is 1.50. The van der Waals surface area contributed by atoms with Crippen molar-refractivity contribution >= 4 is 75.7 Å². The first-order valence-electron chi connectivity index (χ1n) is 11.0. The molecule has 10 heteroatoms. The van der Waals surface area contributed by atoms with Crippen LogP contribution in [0, 0.1) is 0 Å². The molecule has 3 nitrogen and oxygen atoms in total. The number of ether oxygens (including phenoxy) is 1. The lowest BCUT2D eigenvalue weighted by Gasteiger charge is -2.19. The van der Waals surface area contributed by atoms with E-state index in [1.807, 2.05) is 59.7 Å². The van der Waals surface area contributed by atoms with Crippen molar-refractivity contribution in [3.63, 3.8) is 0 Å². The van der Waals surface area contributed by atoms with Crippen LogP contribution in [-0.2, 0) is 24.4 Å². The Kier molecular flexibility index (Phi) is 11.5. The average molecular weight is 638 g/mol. The molecule has 3 aromatic carbocycles. The summed E-state index contributed by atoms with van der Waals surface area (Å²) in [5.74, 6) is 0. The minimum atomic E-state index is -0.342. The molecule has 0 aliphatic rings. The van der Waals surface area contributed by atoms with Crippen molar-refractivity contribution < 1.29 is 21.7 Å². The van der Waals surface area contributed by atoms with Gasteiger partial charge in [0.25, 0.3) is 0 Å². The third kappa shape index (κ3) is 8.54. The van der Waals surface area contributed by atoms with E-state index in [1.165, 1.54) is 0 Å². The van der Waals surface area contributed by atoms with Crippen molar-refractivity contribution in [1.29, 1.82) is 0 Å². The lowest BCUT2D eigenvalue weighted by molar-refractivity contribution is -0.686. The molecular formula is C27H21Cl7N2O. The van der Waals surface area contributed by atoms with Gasteiger partial charge in [-0.1, -0.05) is 93.9 Å². The second-order valence-electron chi connectivity index (χ2n) is 8.08. The van der Waals surface area contributed by atoms with Gasteiger partial charge in [0.15, 0.2) is 0 Å². The SMILES string of the molecule is Clc1ccc(/C=C/C[n+]2ccn(CC(OCc3ccc(Cl)cc3Cl)c3ccc(Cl)cc3Cl)c2)c(Cl)c1.[Cl-]. The van der Waals surface area contributed by atoms with E-state index < -0.39 is 0 Å². The summed E-state index contributed by atoms with van der Waals surface area (Å²) in [7, 11) is 0. The zero-order chi connectivity index (χ0) is 25.7. The topological polar surface area (TPSA) is 18.0 Å². The molecule has 0 amide bonds. The highest BCUT2D eigenvalue weighted by Gasteiger charge is 2.20. The van der Waals surface area contributed by atoms with Gasteiger partial charge in [-0.3, -0.25) is 0 Å². The summed E-state index contributed by atoms with van der Waals surface area (Å²) in [4.78, 5) is 0. The third-order valence-corrected chi connectivity index (χ3v) is 7.18. The summed E-state index contributed by atoms with van der Waals surface area (Å²) in [5.41, 5.74) is 2.58. The van der Waals surface area contributed by atoms with E-state index in [0.717, 1.165) is 16.7 Å². The predicted molar refractivity (Wildman–Crippen MR) is 151 cm³/mol. The molecule has 4 aromatic rings. The maximum absolute atomic E-state index is 6.53. The fourth-order valence-electron chi connectivity index (χ4n) is 3.62. The van der Waals surface area contributed by atoms with Crippen molar-refractivity contribution in [2.24, 2.45) is 0 Å². The molecule has 37 heavy (non-hydrogen) atoms. The number of hydrogen-bond acceptors (Lipinski definition) is 1. The van der Waals surface area contributed by atoms with Crippen LogP contribution in [0.25, 0.3) is 6.08 Å². The number of aromatic nitrogens is 2. The Bertz CT molecular complexity index is 1390. The minimum absolute atomic E-state index is 0. The van der Waals surface area contributed by atoms with Crippen LogP contribution in [-0.4, -0.2) is 4.57 Å². The predicted octanol–water partition coefficient (Wildman–Crippen LogP) is 6.37. The van der Waals surface area contributed by atoms with Gasteiger partial charge >= 0.3 is 0 Å². The summed E-state index contributed by atoms with van der Waals surface area (Å²) in [6.07, 6.45) is 9.64. The summed E-state index contributed by atoms with van der Waals surface area (Å²) in [5, 5.41) is 3.45. The zero-order valence-electron chi connectivity index (χ0n) is 19.2. The maximum Gasteiger partial charge on any atom is 0.244 e. The molecule has 1 aromatic heterocycles. The molecule has 1 unspecified atom stereocenters. The van der Waals surface area contributed by atoms with Crippen molar-refractivity contribution in [3.8, 4) is 0 Å². The van der Waals surface area contributed by atoms with Gasteiger partial charge < -0.3 is 17.1 Å². The van der Waals surface area contributed by atoms with Gasteiger partial charge in [0.1, 0.15) is 31.6 Å². The number of halogens is 7. The normalized spacial score (nSPS) is 12.1. The van der Waals surface area contributed by atoms with E-state index in [-0.39, 0.29) is 18.5 Å². The van der Waals surface area contributed by atoms with Crippen LogP contribution in [0.5, 0.6) is 0 Å².